The number of fused-ring (bicyclic) bond motifs is 1. The summed E-state index contributed by atoms with van der Waals surface area (Å²) < 4.78 is 7.73. The van der Waals surface area contributed by atoms with E-state index in [1.807, 2.05) is 46.8 Å². The van der Waals surface area contributed by atoms with Gasteiger partial charge in [0, 0.05) is 43.9 Å². The molecule has 0 aromatic carbocycles. The van der Waals surface area contributed by atoms with Gasteiger partial charge in [-0.05, 0) is 31.9 Å². The Hall–Kier alpha value is -1.92. The molecule has 0 unspecified atom stereocenters. The monoisotopic (exact) mass is 343 g/mol. The molecule has 2 aromatic rings. The smallest absolute Gasteiger partial charge is 0.228 e. The van der Waals surface area contributed by atoms with Gasteiger partial charge in [0.2, 0.25) is 5.91 Å². The Balaban J connectivity index is 1.38. The summed E-state index contributed by atoms with van der Waals surface area (Å²) in [6.45, 7) is 4.04. The van der Waals surface area contributed by atoms with E-state index in [1.54, 1.807) is 0 Å². The summed E-state index contributed by atoms with van der Waals surface area (Å²) in [5.41, 5.74) is 1.52. The lowest BCUT2D eigenvalue weighted by Crippen LogP contribution is -2.62. The van der Waals surface area contributed by atoms with Crippen LogP contribution in [-0.2, 0) is 16.0 Å². The van der Waals surface area contributed by atoms with E-state index < -0.39 is 0 Å². The second-order valence-corrected chi connectivity index (χ2v) is 7.18. The van der Waals surface area contributed by atoms with Gasteiger partial charge in [-0.2, -0.15) is 0 Å². The van der Waals surface area contributed by atoms with Crippen LogP contribution in [0.4, 0.5) is 0 Å². The van der Waals surface area contributed by atoms with Gasteiger partial charge in [0.15, 0.2) is 0 Å². The molecule has 6 nitrogen and oxygen atoms in total. The molecule has 1 aliphatic carbocycles. The van der Waals surface area contributed by atoms with E-state index in [0.717, 1.165) is 30.6 Å². The van der Waals surface area contributed by atoms with Crippen LogP contribution in [0.15, 0.2) is 30.6 Å². The van der Waals surface area contributed by atoms with E-state index in [1.165, 1.54) is 0 Å². The van der Waals surface area contributed by atoms with Crippen molar-refractivity contribution >= 4 is 11.6 Å². The van der Waals surface area contributed by atoms with Crippen LogP contribution in [0.5, 0.6) is 0 Å². The van der Waals surface area contributed by atoms with Gasteiger partial charge in [-0.1, -0.05) is 6.07 Å². The van der Waals surface area contributed by atoms with Crippen molar-refractivity contribution in [3.63, 3.8) is 0 Å². The van der Waals surface area contributed by atoms with E-state index in [0.29, 0.717) is 26.1 Å². The van der Waals surface area contributed by atoms with Crippen molar-refractivity contribution in [2.24, 2.45) is 5.41 Å². The highest BCUT2D eigenvalue weighted by atomic mass is 16.5. The van der Waals surface area contributed by atoms with Gasteiger partial charge in [0.05, 0.1) is 24.3 Å². The van der Waals surface area contributed by atoms with Gasteiger partial charge >= 0.3 is 0 Å². The second kappa shape index (κ2) is 6.42. The average Bonchev–Trinajstić information content (AvgIpc) is 3.04. The maximum atomic E-state index is 12.6. The van der Waals surface area contributed by atoms with Crippen molar-refractivity contribution in [2.75, 3.05) is 19.7 Å². The van der Waals surface area contributed by atoms with Crippen molar-refractivity contribution in [3.05, 3.63) is 36.3 Å². The zero-order valence-electron chi connectivity index (χ0n) is 14.6. The minimum Gasteiger partial charge on any atom is -0.392 e. The highest BCUT2D eigenvalue weighted by molar-refractivity contribution is 5.78. The number of nitrogens with zero attached hydrogens (tertiary/aromatic N) is 3. The number of carbonyl (C=O) groups is 1. The summed E-state index contributed by atoms with van der Waals surface area (Å²) in [6.07, 6.45) is 6.38. The number of imidazole rings is 1. The number of aromatic nitrogens is 2. The molecule has 4 rings (SSSR count). The number of likely N-dealkylation sites (tertiary alicyclic amines) is 1. The number of hydrogen-bond donors (Lipinski definition) is 1. The summed E-state index contributed by atoms with van der Waals surface area (Å²) in [5, 5.41) is 10.3. The molecule has 0 radical (unpaired) electrons. The zero-order valence-corrected chi connectivity index (χ0v) is 14.6. The third-order valence-corrected chi connectivity index (χ3v) is 5.90. The summed E-state index contributed by atoms with van der Waals surface area (Å²) in [5.74, 6) is 0.111. The quantitative estimate of drug-likeness (QED) is 0.917. The maximum absolute atomic E-state index is 12.6. The Morgan fingerprint density at radius 3 is 2.88 bits per heavy atom. The number of amides is 1. The average molecular weight is 343 g/mol. The van der Waals surface area contributed by atoms with Gasteiger partial charge < -0.3 is 19.1 Å². The molecule has 1 N–H and O–H groups in total. The molecule has 6 heteroatoms. The molecule has 1 amide bonds. The first-order chi connectivity index (χ1) is 12.1. The fourth-order valence-electron chi connectivity index (χ4n) is 4.33. The molecule has 1 aliphatic heterocycles. The van der Waals surface area contributed by atoms with Crippen LogP contribution >= 0.6 is 0 Å². The lowest BCUT2D eigenvalue weighted by Gasteiger charge is -2.56. The van der Waals surface area contributed by atoms with Crippen LogP contribution in [0.1, 0.15) is 31.9 Å². The van der Waals surface area contributed by atoms with Gasteiger partial charge in [-0.3, -0.25) is 4.79 Å². The molecule has 1 saturated heterocycles. The number of piperidine rings is 1. The predicted octanol–water partition coefficient (Wildman–Crippen LogP) is 1.66. The Morgan fingerprint density at radius 2 is 2.20 bits per heavy atom. The van der Waals surface area contributed by atoms with Crippen LogP contribution in [-0.4, -0.2) is 57.2 Å². The summed E-state index contributed by atoms with van der Waals surface area (Å²) in [4.78, 5) is 19.0. The van der Waals surface area contributed by atoms with E-state index in [9.17, 15) is 9.90 Å². The highest BCUT2D eigenvalue weighted by Crippen LogP contribution is 2.50. The normalized spacial score (nSPS) is 25.3. The van der Waals surface area contributed by atoms with Gasteiger partial charge in [0.1, 0.15) is 5.65 Å². The summed E-state index contributed by atoms with van der Waals surface area (Å²) >= 11 is 0. The maximum Gasteiger partial charge on any atom is 0.228 e. The van der Waals surface area contributed by atoms with Gasteiger partial charge in [-0.25, -0.2) is 4.98 Å². The molecular formula is C19H25N3O3. The fraction of sp³-hybridized carbons (Fsp3) is 0.579. The van der Waals surface area contributed by atoms with Gasteiger partial charge in [0.25, 0.3) is 0 Å². The molecular weight excluding hydrogens is 318 g/mol. The Morgan fingerprint density at radius 1 is 1.40 bits per heavy atom. The first kappa shape index (κ1) is 16.5. The van der Waals surface area contributed by atoms with Gasteiger partial charge in [-0.15, -0.1) is 0 Å². The molecule has 3 heterocycles. The van der Waals surface area contributed by atoms with Crippen molar-refractivity contribution in [1.82, 2.24) is 14.3 Å². The predicted molar refractivity (Wildman–Crippen MR) is 93.2 cm³/mol. The number of hydrogen-bond acceptors (Lipinski definition) is 4. The molecule has 134 valence electrons. The van der Waals surface area contributed by atoms with Crippen LogP contribution in [0, 0.1) is 5.41 Å². The number of aliphatic hydroxyl groups is 1. The van der Waals surface area contributed by atoms with Crippen molar-refractivity contribution in [2.45, 2.75) is 44.8 Å². The Bertz CT molecular complexity index is 729. The van der Waals surface area contributed by atoms with E-state index in [4.69, 9.17) is 4.74 Å². The molecule has 1 saturated carbocycles. The molecule has 2 aromatic heterocycles. The zero-order chi connectivity index (χ0) is 17.4. The Labute approximate surface area is 147 Å². The molecule has 2 aliphatic rings. The molecule has 25 heavy (non-hydrogen) atoms. The number of carbonyl (C=O) groups excluding carboxylic acids is 1. The van der Waals surface area contributed by atoms with Crippen molar-refractivity contribution in [3.8, 4) is 0 Å². The third-order valence-electron chi connectivity index (χ3n) is 5.90. The minimum absolute atomic E-state index is 0.111. The molecule has 2 fully saturated rings. The topological polar surface area (TPSA) is 67.1 Å². The number of ether oxygens (including phenoxy) is 1. The van der Waals surface area contributed by atoms with Crippen LogP contribution < -0.4 is 0 Å². The van der Waals surface area contributed by atoms with Crippen LogP contribution in [0.3, 0.4) is 0 Å². The molecule has 0 bridgehead atoms. The SMILES string of the molecule is CCO[C@@H]1C[C@H](O)C12CCN(C(=O)Cc1cn3ccccc3n1)CC2. The summed E-state index contributed by atoms with van der Waals surface area (Å²) in [6, 6.07) is 5.82. The lowest BCUT2D eigenvalue weighted by atomic mass is 9.58. The van der Waals surface area contributed by atoms with Crippen molar-refractivity contribution in [1.29, 1.82) is 0 Å². The molecule has 2 atom stereocenters. The second-order valence-electron chi connectivity index (χ2n) is 7.18. The van der Waals surface area contributed by atoms with Crippen LogP contribution in [0.25, 0.3) is 5.65 Å². The fourth-order valence-corrected chi connectivity index (χ4v) is 4.33. The van der Waals surface area contributed by atoms with E-state index >= 15 is 0 Å². The highest BCUT2D eigenvalue weighted by Gasteiger charge is 2.56. The lowest BCUT2D eigenvalue weighted by molar-refractivity contribution is -0.210. The Kier molecular flexibility index (Phi) is 4.25. The minimum atomic E-state index is -0.292. The number of pyridine rings is 1. The summed E-state index contributed by atoms with van der Waals surface area (Å²) in [7, 11) is 0. The first-order valence-corrected chi connectivity index (χ1v) is 9.12. The van der Waals surface area contributed by atoms with Crippen molar-refractivity contribution < 1.29 is 14.6 Å². The number of rotatable bonds is 4. The largest absolute Gasteiger partial charge is 0.392 e. The van der Waals surface area contributed by atoms with E-state index in [-0.39, 0.29) is 23.5 Å². The third kappa shape index (κ3) is 2.83. The standard InChI is InChI=1S/C19H25N3O3/c1-2-25-16-12-15(23)19(16)6-9-21(10-7-19)18(24)11-14-13-22-8-4-3-5-17(22)20-14/h3-5,8,13,15-16,23H,2,6-7,9-12H2,1H3/t15-,16+/m0/s1. The molecule has 1 spiro atoms. The van der Waals surface area contributed by atoms with E-state index in [2.05, 4.69) is 4.98 Å². The van der Waals surface area contributed by atoms with Crippen LogP contribution in [0.2, 0.25) is 0 Å². The first-order valence-electron chi connectivity index (χ1n) is 9.12. The number of aliphatic hydroxyl groups excluding tert-OH is 1.